The van der Waals surface area contributed by atoms with E-state index in [2.05, 4.69) is 20.2 Å². The maximum atomic E-state index is 14.4. The van der Waals surface area contributed by atoms with E-state index in [9.17, 15) is 18.4 Å². The summed E-state index contributed by atoms with van der Waals surface area (Å²) in [6, 6.07) is 5.56. The molecule has 2 aliphatic heterocycles. The fourth-order valence-corrected chi connectivity index (χ4v) is 4.81. The van der Waals surface area contributed by atoms with Crippen LogP contribution in [0.25, 0.3) is 11.0 Å². The summed E-state index contributed by atoms with van der Waals surface area (Å²) in [6.45, 7) is 3.05. The summed E-state index contributed by atoms with van der Waals surface area (Å²) in [5.41, 5.74) is 0.854. The molecule has 7 nitrogen and oxygen atoms in total. The quantitative estimate of drug-likeness (QED) is 0.597. The van der Waals surface area contributed by atoms with Crippen molar-refractivity contribution in [1.82, 2.24) is 25.1 Å². The lowest BCUT2D eigenvalue weighted by Gasteiger charge is -2.36. The van der Waals surface area contributed by atoms with Crippen LogP contribution < -0.4 is 5.32 Å². The van der Waals surface area contributed by atoms with Crippen LogP contribution in [0.2, 0.25) is 5.02 Å². The van der Waals surface area contributed by atoms with Crippen LogP contribution in [0.3, 0.4) is 0 Å². The van der Waals surface area contributed by atoms with Crippen LogP contribution in [0.4, 0.5) is 8.78 Å². The van der Waals surface area contributed by atoms with Gasteiger partial charge in [0.1, 0.15) is 29.0 Å². The number of H-pyrrole nitrogens is 1. The number of aromatic amines is 1. The van der Waals surface area contributed by atoms with Crippen molar-refractivity contribution < 1.29 is 18.4 Å². The van der Waals surface area contributed by atoms with Gasteiger partial charge in [-0.25, -0.2) is 13.8 Å². The minimum atomic E-state index is -1.01. The Bertz CT molecular complexity index is 1230. The number of carbonyl (C=O) groups excluding carboxylic acids is 2. The molecule has 5 rings (SSSR count). The number of amides is 2. The topological polar surface area (TPSA) is 81.3 Å². The van der Waals surface area contributed by atoms with Gasteiger partial charge in [-0.1, -0.05) is 17.7 Å². The molecule has 2 amide bonds. The first kappa shape index (κ1) is 21.8. The van der Waals surface area contributed by atoms with Gasteiger partial charge in [0.25, 0.3) is 5.91 Å². The molecular weight excluding hydrogens is 452 g/mol. The first-order valence-electron chi connectivity index (χ1n) is 10.8. The van der Waals surface area contributed by atoms with E-state index >= 15 is 0 Å². The third-order valence-electron chi connectivity index (χ3n) is 6.35. The Morgan fingerprint density at radius 2 is 2.06 bits per heavy atom. The second kappa shape index (κ2) is 8.72. The van der Waals surface area contributed by atoms with E-state index in [1.165, 1.54) is 12.3 Å². The number of nitrogens with one attached hydrogen (secondary N) is 2. The minimum Gasteiger partial charge on any atom is -0.339 e. The number of benzene rings is 1. The van der Waals surface area contributed by atoms with Gasteiger partial charge < -0.3 is 15.2 Å². The predicted molar refractivity (Wildman–Crippen MR) is 119 cm³/mol. The second-order valence-electron chi connectivity index (χ2n) is 8.52. The van der Waals surface area contributed by atoms with Crippen LogP contribution in [-0.2, 0) is 11.2 Å². The van der Waals surface area contributed by atoms with E-state index in [0.29, 0.717) is 22.6 Å². The van der Waals surface area contributed by atoms with Crippen LogP contribution in [0.1, 0.15) is 22.5 Å². The highest BCUT2D eigenvalue weighted by Gasteiger charge is 2.38. The summed E-state index contributed by atoms with van der Waals surface area (Å²) in [4.78, 5) is 37.7. The lowest BCUT2D eigenvalue weighted by Crippen LogP contribution is -2.56. The Kier molecular flexibility index (Phi) is 5.76. The van der Waals surface area contributed by atoms with E-state index in [1.807, 2.05) is 0 Å². The average Bonchev–Trinajstić information content (AvgIpc) is 3.38. The van der Waals surface area contributed by atoms with Gasteiger partial charge in [-0.05, 0) is 30.2 Å². The number of pyridine rings is 1. The Labute approximate surface area is 193 Å². The SMILES string of the molecule is O=C(N[C@@H](Cc1ccc(F)cc1F)C(=O)N1CCN2CCC1C2)c1cc2cc(Cl)cnc2[nH]1. The van der Waals surface area contributed by atoms with E-state index in [1.54, 1.807) is 17.0 Å². The van der Waals surface area contributed by atoms with Crippen molar-refractivity contribution >= 4 is 34.4 Å². The molecule has 3 atom stereocenters. The second-order valence-corrected chi connectivity index (χ2v) is 8.95. The number of piperazine rings is 1. The zero-order chi connectivity index (χ0) is 23.1. The average molecular weight is 474 g/mol. The smallest absolute Gasteiger partial charge is 0.268 e. The monoisotopic (exact) mass is 473 g/mol. The standard InChI is InChI=1S/C23H22ClF2N5O2/c24-15-7-14-9-19(28-21(14)27-11-15)22(32)29-20(8-13-1-2-16(25)10-18(13)26)23(33)31-6-5-30-4-3-17(31)12-30/h1-2,7,9-11,17,20H,3-6,8,12H2,(H,27,28)(H,29,32)/t17?,20-/m0/s1. The fraction of sp³-hybridized carbons (Fsp3) is 0.348. The number of hydrogen-bond acceptors (Lipinski definition) is 4. The molecule has 172 valence electrons. The molecule has 4 heterocycles. The summed E-state index contributed by atoms with van der Waals surface area (Å²) in [6.07, 6.45) is 2.24. The van der Waals surface area contributed by atoms with Crippen molar-refractivity contribution in [3.05, 3.63) is 64.4 Å². The highest BCUT2D eigenvalue weighted by Crippen LogP contribution is 2.23. The van der Waals surface area contributed by atoms with Crippen LogP contribution in [0, 0.1) is 11.6 Å². The van der Waals surface area contributed by atoms with Gasteiger partial charge >= 0.3 is 0 Å². The molecule has 2 unspecified atom stereocenters. The fourth-order valence-electron chi connectivity index (χ4n) is 4.65. The maximum absolute atomic E-state index is 14.4. The number of halogens is 3. The maximum Gasteiger partial charge on any atom is 0.268 e. The van der Waals surface area contributed by atoms with Gasteiger partial charge in [-0.2, -0.15) is 0 Å². The number of aromatic nitrogens is 2. The van der Waals surface area contributed by atoms with Gasteiger partial charge in [0.15, 0.2) is 0 Å². The third kappa shape index (κ3) is 4.43. The Morgan fingerprint density at radius 1 is 1.21 bits per heavy atom. The Balaban J connectivity index is 1.41. The van der Waals surface area contributed by atoms with Gasteiger partial charge in [-0.15, -0.1) is 0 Å². The molecule has 2 aromatic heterocycles. The number of fused-ring (bicyclic) bond motifs is 3. The summed E-state index contributed by atoms with van der Waals surface area (Å²) in [5.74, 6) is -2.24. The van der Waals surface area contributed by atoms with Gasteiger partial charge in [0.2, 0.25) is 5.91 Å². The molecule has 3 aromatic rings. The highest BCUT2D eigenvalue weighted by atomic mass is 35.5. The highest BCUT2D eigenvalue weighted by molar-refractivity contribution is 6.31. The van der Waals surface area contributed by atoms with E-state index in [-0.39, 0.29) is 29.6 Å². The molecule has 10 heteroatoms. The van der Waals surface area contributed by atoms with E-state index in [4.69, 9.17) is 11.6 Å². The van der Waals surface area contributed by atoms with Crippen molar-refractivity contribution in [2.24, 2.45) is 0 Å². The Morgan fingerprint density at radius 3 is 2.88 bits per heavy atom. The first-order chi connectivity index (χ1) is 15.9. The van der Waals surface area contributed by atoms with Crippen molar-refractivity contribution in [3.63, 3.8) is 0 Å². The number of nitrogens with zero attached hydrogens (tertiary/aromatic N) is 3. The number of hydrogen-bond donors (Lipinski definition) is 2. The molecule has 0 saturated carbocycles. The Hall–Kier alpha value is -3.04. The molecule has 2 N–H and O–H groups in total. The molecule has 1 aromatic carbocycles. The molecule has 2 fully saturated rings. The summed E-state index contributed by atoms with van der Waals surface area (Å²) < 4.78 is 27.8. The zero-order valence-electron chi connectivity index (χ0n) is 17.7. The van der Waals surface area contributed by atoms with Crippen LogP contribution in [0.15, 0.2) is 36.5 Å². The summed E-state index contributed by atoms with van der Waals surface area (Å²) >= 11 is 5.97. The molecule has 33 heavy (non-hydrogen) atoms. The molecule has 0 aliphatic carbocycles. The van der Waals surface area contributed by atoms with Crippen LogP contribution in [-0.4, -0.2) is 69.8 Å². The van der Waals surface area contributed by atoms with E-state index < -0.39 is 23.6 Å². The molecule has 0 radical (unpaired) electrons. The molecule has 2 saturated heterocycles. The summed E-state index contributed by atoms with van der Waals surface area (Å²) in [7, 11) is 0. The lowest BCUT2D eigenvalue weighted by molar-refractivity contribution is -0.136. The van der Waals surface area contributed by atoms with Crippen LogP contribution >= 0.6 is 11.6 Å². The van der Waals surface area contributed by atoms with Crippen molar-refractivity contribution in [3.8, 4) is 0 Å². The molecular formula is C23H22ClF2N5O2. The lowest BCUT2D eigenvalue weighted by atomic mass is 10.0. The van der Waals surface area contributed by atoms with Crippen molar-refractivity contribution in [2.45, 2.75) is 24.9 Å². The number of carbonyl (C=O) groups is 2. The molecule has 2 bridgehead atoms. The van der Waals surface area contributed by atoms with E-state index in [0.717, 1.165) is 38.2 Å². The molecule has 2 aliphatic rings. The summed E-state index contributed by atoms with van der Waals surface area (Å²) in [5, 5.41) is 3.85. The largest absolute Gasteiger partial charge is 0.339 e. The van der Waals surface area contributed by atoms with Crippen molar-refractivity contribution in [2.75, 3.05) is 26.2 Å². The van der Waals surface area contributed by atoms with Gasteiger partial charge in [-0.3, -0.25) is 14.5 Å². The predicted octanol–water partition coefficient (Wildman–Crippen LogP) is 2.75. The normalized spacial score (nSPS) is 20.8. The zero-order valence-corrected chi connectivity index (χ0v) is 18.4. The molecule has 0 spiro atoms. The number of rotatable bonds is 5. The van der Waals surface area contributed by atoms with Crippen LogP contribution in [0.5, 0.6) is 0 Å². The van der Waals surface area contributed by atoms with Gasteiger partial charge in [0.05, 0.1) is 5.02 Å². The van der Waals surface area contributed by atoms with Crippen molar-refractivity contribution in [1.29, 1.82) is 0 Å². The minimum absolute atomic E-state index is 0.0723. The van der Waals surface area contributed by atoms with Gasteiger partial charge in [0, 0.05) is 56.3 Å². The third-order valence-corrected chi connectivity index (χ3v) is 6.56. The first-order valence-corrected chi connectivity index (χ1v) is 11.2.